The lowest BCUT2D eigenvalue weighted by atomic mass is 10.0. The van der Waals surface area contributed by atoms with E-state index in [1.165, 1.54) is 40.5 Å². The molecule has 1 N–H and O–H groups in total. The summed E-state index contributed by atoms with van der Waals surface area (Å²) in [5.74, 6) is 0.874. The van der Waals surface area contributed by atoms with Crippen LogP contribution in [0.1, 0.15) is 38.2 Å². The number of rotatable bonds is 3. The van der Waals surface area contributed by atoms with Crippen LogP contribution in [0.3, 0.4) is 0 Å². The molecule has 1 aromatic rings. The first-order valence-corrected chi connectivity index (χ1v) is 7.31. The van der Waals surface area contributed by atoms with Crippen molar-refractivity contribution in [1.82, 2.24) is 0 Å². The highest BCUT2D eigenvalue weighted by Crippen LogP contribution is 2.31. The van der Waals surface area contributed by atoms with Crippen molar-refractivity contribution in [1.29, 1.82) is 0 Å². The Morgan fingerprint density at radius 3 is 2.88 bits per heavy atom. The van der Waals surface area contributed by atoms with Gasteiger partial charge in [-0.2, -0.15) is 0 Å². The summed E-state index contributed by atoms with van der Waals surface area (Å²) < 4.78 is 1.36. The van der Waals surface area contributed by atoms with Crippen LogP contribution in [0.5, 0.6) is 0 Å². The molecule has 2 rings (SSSR count). The highest BCUT2D eigenvalue weighted by atomic mass is 127. The smallest absolute Gasteiger partial charge is 0.0353 e. The third kappa shape index (κ3) is 2.70. The van der Waals surface area contributed by atoms with Crippen LogP contribution in [0.4, 0.5) is 5.69 Å². The van der Waals surface area contributed by atoms with E-state index in [4.69, 9.17) is 0 Å². The second-order valence-corrected chi connectivity index (χ2v) is 5.98. The molecule has 0 radical (unpaired) electrons. The second-order valence-electron chi connectivity index (χ2n) is 4.81. The van der Waals surface area contributed by atoms with E-state index in [1.807, 2.05) is 0 Å². The van der Waals surface area contributed by atoms with Gasteiger partial charge >= 0.3 is 0 Å². The molecule has 0 spiro atoms. The number of benzene rings is 1. The standard InChI is InChI=1S/C14H20IN/c1-3-11-5-4-6-14(11)16-12-8-7-10(2)13(15)9-12/h7-9,11,14,16H,3-6H2,1-2H3. The Labute approximate surface area is 112 Å². The van der Waals surface area contributed by atoms with E-state index in [0.29, 0.717) is 6.04 Å². The van der Waals surface area contributed by atoms with E-state index in [2.05, 4.69) is 60.0 Å². The molecule has 1 saturated carbocycles. The van der Waals surface area contributed by atoms with Gasteiger partial charge in [-0.3, -0.25) is 0 Å². The molecular formula is C14H20IN. The predicted molar refractivity (Wildman–Crippen MR) is 78.9 cm³/mol. The molecule has 1 aromatic carbocycles. The summed E-state index contributed by atoms with van der Waals surface area (Å²) in [4.78, 5) is 0. The van der Waals surface area contributed by atoms with Crippen LogP contribution in [0, 0.1) is 16.4 Å². The van der Waals surface area contributed by atoms with Crippen LogP contribution >= 0.6 is 22.6 Å². The second kappa shape index (κ2) is 5.39. The fourth-order valence-corrected chi connectivity index (χ4v) is 3.13. The van der Waals surface area contributed by atoms with Crippen molar-refractivity contribution in [3.8, 4) is 0 Å². The van der Waals surface area contributed by atoms with Crippen molar-refractivity contribution in [2.45, 2.75) is 45.6 Å². The fraction of sp³-hybridized carbons (Fsp3) is 0.571. The van der Waals surface area contributed by atoms with E-state index in [-0.39, 0.29) is 0 Å². The molecule has 0 saturated heterocycles. The van der Waals surface area contributed by atoms with Gasteiger partial charge in [-0.1, -0.05) is 25.8 Å². The first-order valence-electron chi connectivity index (χ1n) is 6.23. The molecule has 1 fully saturated rings. The van der Waals surface area contributed by atoms with E-state index in [9.17, 15) is 0 Å². The molecule has 0 aliphatic heterocycles. The van der Waals surface area contributed by atoms with Gasteiger partial charge in [0.1, 0.15) is 0 Å². The summed E-state index contributed by atoms with van der Waals surface area (Å²) in [5, 5.41) is 3.71. The molecule has 1 nitrogen and oxygen atoms in total. The predicted octanol–water partition coefficient (Wildman–Crippen LogP) is 4.59. The minimum Gasteiger partial charge on any atom is -0.382 e. The monoisotopic (exact) mass is 329 g/mol. The van der Waals surface area contributed by atoms with Gasteiger partial charge in [0.15, 0.2) is 0 Å². The number of aryl methyl sites for hydroxylation is 1. The summed E-state index contributed by atoms with van der Waals surface area (Å²) in [6.45, 7) is 4.47. The Bertz CT molecular complexity index is 362. The number of hydrogen-bond donors (Lipinski definition) is 1. The van der Waals surface area contributed by atoms with E-state index in [0.717, 1.165) is 5.92 Å². The molecule has 0 bridgehead atoms. The Kier molecular flexibility index (Phi) is 4.11. The maximum atomic E-state index is 3.71. The van der Waals surface area contributed by atoms with Gasteiger partial charge in [-0.05, 0) is 66.0 Å². The largest absolute Gasteiger partial charge is 0.382 e. The lowest BCUT2D eigenvalue weighted by Gasteiger charge is -2.21. The van der Waals surface area contributed by atoms with Crippen molar-refractivity contribution < 1.29 is 0 Å². The van der Waals surface area contributed by atoms with Crippen molar-refractivity contribution in [3.63, 3.8) is 0 Å². The highest BCUT2D eigenvalue weighted by molar-refractivity contribution is 14.1. The summed E-state index contributed by atoms with van der Waals surface area (Å²) in [5.41, 5.74) is 2.66. The van der Waals surface area contributed by atoms with Gasteiger partial charge in [-0.25, -0.2) is 0 Å². The first kappa shape index (κ1) is 12.2. The summed E-state index contributed by atoms with van der Waals surface area (Å²) >= 11 is 2.41. The maximum absolute atomic E-state index is 3.71. The molecule has 1 aliphatic rings. The number of nitrogens with one attached hydrogen (secondary N) is 1. The van der Waals surface area contributed by atoms with Gasteiger partial charge in [0, 0.05) is 15.3 Å². The Morgan fingerprint density at radius 2 is 2.19 bits per heavy atom. The van der Waals surface area contributed by atoms with Gasteiger partial charge in [-0.15, -0.1) is 0 Å². The molecule has 2 atom stereocenters. The third-order valence-electron chi connectivity index (χ3n) is 3.71. The Morgan fingerprint density at radius 1 is 1.38 bits per heavy atom. The zero-order valence-corrected chi connectivity index (χ0v) is 12.3. The number of hydrogen-bond acceptors (Lipinski definition) is 1. The lowest BCUT2D eigenvalue weighted by molar-refractivity contribution is 0.489. The van der Waals surface area contributed by atoms with E-state index in [1.54, 1.807) is 0 Å². The van der Waals surface area contributed by atoms with Crippen LogP contribution < -0.4 is 5.32 Å². The van der Waals surface area contributed by atoms with E-state index < -0.39 is 0 Å². The van der Waals surface area contributed by atoms with E-state index >= 15 is 0 Å². The number of halogens is 1. The third-order valence-corrected chi connectivity index (χ3v) is 4.87. The molecule has 16 heavy (non-hydrogen) atoms. The normalized spacial score (nSPS) is 24.7. The average molecular weight is 329 g/mol. The topological polar surface area (TPSA) is 12.0 Å². The van der Waals surface area contributed by atoms with Crippen molar-refractivity contribution >= 4 is 28.3 Å². The summed E-state index contributed by atoms with van der Waals surface area (Å²) in [6, 6.07) is 7.38. The van der Waals surface area contributed by atoms with Crippen LogP contribution in [-0.2, 0) is 0 Å². The average Bonchev–Trinajstić information content (AvgIpc) is 2.71. The van der Waals surface area contributed by atoms with Crippen molar-refractivity contribution in [3.05, 3.63) is 27.3 Å². The molecule has 2 heteroatoms. The van der Waals surface area contributed by atoms with Gasteiger partial charge in [0.05, 0.1) is 0 Å². The fourth-order valence-electron chi connectivity index (χ4n) is 2.61. The maximum Gasteiger partial charge on any atom is 0.0353 e. The first-order chi connectivity index (χ1) is 7.70. The Balaban J connectivity index is 2.05. The van der Waals surface area contributed by atoms with Gasteiger partial charge < -0.3 is 5.32 Å². The van der Waals surface area contributed by atoms with Crippen LogP contribution in [0.15, 0.2) is 18.2 Å². The molecular weight excluding hydrogens is 309 g/mol. The molecule has 0 amide bonds. The van der Waals surface area contributed by atoms with Crippen LogP contribution in [0.25, 0.3) is 0 Å². The Hall–Kier alpha value is -0.250. The molecule has 2 unspecified atom stereocenters. The molecule has 0 aromatic heterocycles. The lowest BCUT2D eigenvalue weighted by Crippen LogP contribution is -2.23. The van der Waals surface area contributed by atoms with Gasteiger partial charge in [0.2, 0.25) is 0 Å². The molecule has 0 heterocycles. The SMILES string of the molecule is CCC1CCCC1Nc1ccc(C)c(I)c1. The summed E-state index contributed by atoms with van der Waals surface area (Å²) in [6.07, 6.45) is 5.43. The van der Waals surface area contributed by atoms with Crippen LogP contribution in [0.2, 0.25) is 0 Å². The highest BCUT2D eigenvalue weighted by Gasteiger charge is 2.25. The molecule has 1 aliphatic carbocycles. The van der Waals surface area contributed by atoms with Crippen molar-refractivity contribution in [2.24, 2.45) is 5.92 Å². The molecule has 88 valence electrons. The minimum atomic E-state index is 0.698. The zero-order chi connectivity index (χ0) is 11.5. The zero-order valence-electron chi connectivity index (χ0n) is 10.1. The summed E-state index contributed by atoms with van der Waals surface area (Å²) in [7, 11) is 0. The minimum absolute atomic E-state index is 0.698. The van der Waals surface area contributed by atoms with Gasteiger partial charge in [0.25, 0.3) is 0 Å². The van der Waals surface area contributed by atoms with Crippen molar-refractivity contribution in [2.75, 3.05) is 5.32 Å². The quantitative estimate of drug-likeness (QED) is 0.800. The van der Waals surface area contributed by atoms with Crippen LogP contribution in [-0.4, -0.2) is 6.04 Å². The number of anilines is 1.